The molecule has 31 heavy (non-hydrogen) atoms. The first-order chi connectivity index (χ1) is 15.0. The topological polar surface area (TPSA) is 133 Å². The highest BCUT2D eigenvalue weighted by Gasteiger charge is 2.26. The minimum Gasteiger partial charge on any atom is -0.450 e. The molecule has 0 aromatic rings. The summed E-state index contributed by atoms with van der Waals surface area (Å²) in [4.78, 5) is 10.4. The van der Waals surface area contributed by atoms with Crippen LogP contribution in [0.5, 0.6) is 0 Å². The van der Waals surface area contributed by atoms with Gasteiger partial charge in [0.25, 0.3) is 0 Å². The highest BCUT2D eigenvalue weighted by molar-refractivity contribution is 5.64. The SMILES string of the molecule is CCCCCCCCCCCCCCCCCCOC(N)=O.OCC(CO)(CO)CO. The Morgan fingerprint density at radius 3 is 1.13 bits per heavy atom. The van der Waals surface area contributed by atoms with Gasteiger partial charge in [-0.25, -0.2) is 4.79 Å². The first-order valence-corrected chi connectivity index (χ1v) is 12.4. The zero-order chi connectivity index (χ0) is 23.6. The number of nitrogens with two attached hydrogens (primary N) is 1. The predicted octanol–water partition coefficient (Wildman–Crippen LogP) is 4.29. The molecule has 0 spiro atoms. The van der Waals surface area contributed by atoms with Crippen LogP contribution >= 0.6 is 0 Å². The molecule has 0 aromatic carbocycles. The third-order valence-corrected chi connectivity index (χ3v) is 5.58. The van der Waals surface area contributed by atoms with E-state index in [-0.39, 0.29) is 0 Å². The van der Waals surface area contributed by atoms with Gasteiger partial charge in [-0.05, 0) is 6.42 Å². The van der Waals surface area contributed by atoms with Gasteiger partial charge in [0, 0.05) is 0 Å². The van der Waals surface area contributed by atoms with Gasteiger partial charge in [-0.1, -0.05) is 103 Å². The van der Waals surface area contributed by atoms with Gasteiger partial charge >= 0.3 is 6.09 Å². The highest BCUT2D eigenvalue weighted by atomic mass is 16.5. The number of ether oxygens (including phenoxy) is 1. The second kappa shape index (κ2) is 25.4. The average molecular weight is 450 g/mol. The number of primary amides is 1. The van der Waals surface area contributed by atoms with E-state index in [1.807, 2.05) is 0 Å². The maximum absolute atomic E-state index is 10.4. The fraction of sp³-hybridized carbons (Fsp3) is 0.958. The van der Waals surface area contributed by atoms with E-state index in [0.717, 1.165) is 12.8 Å². The Morgan fingerprint density at radius 2 is 0.903 bits per heavy atom. The molecule has 0 aliphatic carbocycles. The lowest BCUT2D eigenvalue weighted by Gasteiger charge is -2.23. The molecule has 0 rings (SSSR count). The Bertz CT molecular complexity index is 346. The van der Waals surface area contributed by atoms with E-state index in [4.69, 9.17) is 30.9 Å². The average Bonchev–Trinajstić information content (AvgIpc) is 2.78. The molecule has 0 radical (unpaired) electrons. The molecule has 0 fully saturated rings. The maximum Gasteiger partial charge on any atom is 0.404 e. The second-order valence-electron chi connectivity index (χ2n) is 8.60. The number of hydrogen-bond acceptors (Lipinski definition) is 6. The minimum atomic E-state index is -1.11. The molecule has 0 saturated heterocycles. The lowest BCUT2D eigenvalue weighted by Crippen LogP contribution is -2.37. The van der Waals surface area contributed by atoms with Gasteiger partial charge in [0.2, 0.25) is 0 Å². The van der Waals surface area contributed by atoms with Gasteiger partial charge in [-0.15, -0.1) is 0 Å². The van der Waals surface area contributed by atoms with E-state index >= 15 is 0 Å². The largest absolute Gasteiger partial charge is 0.450 e. The smallest absolute Gasteiger partial charge is 0.404 e. The predicted molar refractivity (Wildman–Crippen MR) is 126 cm³/mol. The van der Waals surface area contributed by atoms with E-state index in [1.165, 1.54) is 89.9 Å². The fourth-order valence-corrected chi connectivity index (χ4v) is 3.12. The van der Waals surface area contributed by atoms with Crippen molar-refractivity contribution in [2.45, 2.75) is 110 Å². The summed E-state index contributed by atoms with van der Waals surface area (Å²) in [5, 5.41) is 34.0. The molecule has 0 aliphatic rings. The van der Waals surface area contributed by atoms with Crippen LogP contribution in [0.2, 0.25) is 0 Å². The van der Waals surface area contributed by atoms with E-state index in [2.05, 4.69) is 6.92 Å². The third-order valence-electron chi connectivity index (χ3n) is 5.58. The van der Waals surface area contributed by atoms with E-state index in [9.17, 15) is 4.79 Å². The van der Waals surface area contributed by atoms with Crippen LogP contribution in [-0.4, -0.2) is 59.6 Å². The normalized spacial score (nSPS) is 11.1. The standard InChI is InChI=1S/C19H39NO2.C5H12O4/c1-2-3-4-5-6-7-8-9-10-11-12-13-14-15-16-17-18-22-19(20)21;6-1-5(2-7,3-8)4-9/h2-18H2,1H3,(H2,20,21);6-9H,1-4H2. The highest BCUT2D eigenvalue weighted by Crippen LogP contribution is 2.14. The number of aliphatic hydroxyl groups excluding tert-OH is 4. The molecule has 0 unspecified atom stereocenters. The monoisotopic (exact) mass is 449 g/mol. The zero-order valence-corrected chi connectivity index (χ0v) is 20.0. The number of unbranched alkanes of at least 4 members (excludes halogenated alkanes) is 15. The Hall–Kier alpha value is -0.890. The summed E-state index contributed by atoms with van der Waals surface area (Å²) >= 11 is 0. The van der Waals surface area contributed by atoms with Crippen molar-refractivity contribution in [1.29, 1.82) is 0 Å². The van der Waals surface area contributed by atoms with Crippen molar-refractivity contribution in [2.75, 3.05) is 33.0 Å². The van der Waals surface area contributed by atoms with Crippen molar-refractivity contribution >= 4 is 6.09 Å². The van der Waals surface area contributed by atoms with Crippen molar-refractivity contribution in [1.82, 2.24) is 0 Å². The lowest BCUT2D eigenvalue weighted by molar-refractivity contribution is -0.0328. The minimum absolute atomic E-state index is 0.406. The summed E-state index contributed by atoms with van der Waals surface area (Å²) in [7, 11) is 0. The van der Waals surface area contributed by atoms with Gasteiger partial charge < -0.3 is 30.9 Å². The van der Waals surface area contributed by atoms with E-state index in [1.54, 1.807) is 0 Å². The van der Waals surface area contributed by atoms with Crippen LogP contribution in [-0.2, 0) is 4.74 Å². The number of amides is 1. The van der Waals surface area contributed by atoms with E-state index in [0.29, 0.717) is 6.61 Å². The molecule has 0 atom stereocenters. The molecular weight excluding hydrogens is 398 g/mol. The molecule has 1 amide bonds. The van der Waals surface area contributed by atoms with E-state index < -0.39 is 37.9 Å². The van der Waals surface area contributed by atoms with Crippen LogP contribution in [0, 0.1) is 5.41 Å². The number of carbonyl (C=O) groups is 1. The van der Waals surface area contributed by atoms with Crippen LogP contribution < -0.4 is 5.73 Å². The summed E-state index contributed by atoms with van der Waals surface area (Å²) in [5.74, 6) is 0. The molecular formula is C24H51NO6. The maximum atomic E-state index is 10.4. The van der Waals surface area contributed by atoms with Crippen LogP contribution in [0.25, 0.3) is 0 Å². The van der Waals surface area contributed by atoms with Crippen molar-refractivity contribution in [3.05, 3.63) is 0 Å². The fourth-order valence-electron chi connectivity index (χ4n) is 3.12. The summed E-state index contributed by atoms with van der Waals surface area (Å²) in [6.07, 6.45) is 21.0. The van der Waals surface area contributed by atoms with Gasteiger partial charge in [0.15, 0.2) is 0 Å². The lowest BCUT2D eigenvalue weighted by atomic mass is 9.93. The Morgan fingerprint density at radius 1 is 0.613 bits per heavy atom. The Labute approximate surface area is 190 Å². The van der Waals surface area contributed by atoms with Gasteiger partial charge in [0.1, 0.15) is 0 Å². The number of rotatable bonds is 21. The molecule has 0 aromatic heterocycles. The summed E-state index contributed by atoms with van der Waals surface area (Å²) in [5.41, 5.74) is 3.79. The van der Waals surface area contributed by atoms with Crippen molar-refractivity contribution < 1.29 is 30.0 Å². The number of carbonyl (C=O) groups excluding carboxylic acids is 1. The molecule has 0 bridgehead atoms. The first kappa shape index (κ1) is 32.3. The Kier molecular flexibility index (Phi) is 26.4. The first-order valence-electron chi connectivity index (χ1n) is 12.4. The van der Waals surface area contributed by atoms with Crippen molar-refractivity contribution in [3.63, 3.8) is 0 Å². The number of aliphatic hydroxyl groups is 4. The molecule has 0 aliphatic heterocycles. The van der Waals surface area contributed by atoms with Crippen LogP contribution in [0.4, 0.5) is 4.79 Å². The molecule has 6 N–H and O–H groups in total. The second-order valence-corrected chi connectivity index (χ2v) is 8.60. The van der Waals surface area contributed by atoms with Crippen LogP contribution in [0.3, 0.4) is 0 Å². The quantitative estimate of drug-likeness (QED) is 0.166. The summed E-state index contributed by atoms with van der Waals surface area (Å²) < 4.78 is 4.70. The zero-order valence-electron chi connectivity index (χ0n) is 20.0. The third kappa shape index (κ3) is 23.6. The molecule has 7 nitrogen and oxygen atoms in total. The molecule has 7 heteroatoms. The van der Waals surface area contributed by atoms with Gasteiger partial charge in [0.05, 0.1) is 38.4 Å². The summed E-state index contributed by atoms with van der Waals surface area (Å²) in [6, 6.07) is 0. The number of hydrogen-bond donors (Lipinski definition) is 5. The molecule has 0 saturated carbocycles. The van der Waals surface area contributed by atoms with Crippen LogP contribution in [0.15, 0.2) is 0 Å². The molecule has 0 heterocycles. The van der Waals surface area contributed by atoms with Gasteiger partial charge in [-0.2, -0.15) is 0 Å². The van der Waals surface area contributed by atoms with Crippen LogP contribution in [0.1, 0.15) is 110 Å². The van der Waals surface area contributed by atoms with Gasteiger partial charge in [-0.3, -0.25) is 0 Å². The molecule has 188 valence electrons. The Balaban J connectivity index is 0. The van der Waals surface area contributed by atoms with Crippen molar-refractivity contribution in [2.24, 2.45) is 11.1 Å². The summed E-state index contributed by atoms with van der Waals surface area (Å²) in [6.45, 7) is 1.13. The van der Waals surface area contributed by atoms with Crippen molar-refractivity contribution in [3.8, 4) is 0 Å².